The largest absolute Gasteiger partial charge is 0.0848 e. The van der Waals surface area contributed by atoms with Gasteiger partial charge in [-0.05, 0) is 116 Å². The normalized spacial score (nSPS) is 55.5. The molecule has 0 spiro atoms. The quantitative estimate of drug-likeness (QED) is 0.457. The monoisotopic (exact) mass is 354 g/mol. The van der Waals surface area contributed by atoms with Crippen LogP contribution in [0.1, 0.15) is 98.3 Å². The molecule has 0 nitrogen and oxygen atoms in total. The molecule has 4 saturated carbocycles. The van der Waals surface area contributed by atoms with Crippen molar-refractivity contribution in [2.75, 3.05) is 0 Å². The maximum Gasteiger partial charge on any atom is -0.00853 e. The second-order valence-corrected chi connectivity index (χ2v) is 11.3. The first-order chi connectivity index (χ1) is 12.6. The molecule has 0 saturated heterocycles. The van der Waals surface area contributed by atoms with E-state index in [2.05, 4.69) is 33.8 Å². The lowest BCUT2D eigenvalue weighted by Crippen LogP contribution is -2.51. The number of hydrogen-bond donors (Lipinski definition) is 0. The minimum absolute atomic E-state index is 0.581. The summed E-state index contributed by atoms with van der Waals surface area (Å²) < 4.78 is 0. The van der Waals surface area contributed by atoms with Crippen molar-refractivity contribution in [2.45, 2.75) is 98.3 Å². The summed E-state index contributed by atoms with van der Waals surface area (Å²) in [5, 5.41) is 0. The molecular formula is C26H42. The van der Waals surface area contributed by atoms with Gasteiger partial charge < -0.3 is 0 Å². The van der Waals surface area contributed by atoms with E-state index in [0.29, 0.717) is 5.41 Å². The molecule has 9 atom stereocenters. The molecule has 0 radical (unpaired) electrons. The molecule has 0 aromatic rings. The number of hydrogen-bond acceptors (Lipinski definition) is 0. The van der Waals surface area contributed by atoms with E-state index in [-0.39, 0.29) is 0 Å². The third kappa shape index (κ3) is 2.20. The van der Waals surface area contributed by atoms with Gasteiger partial charge in [-0.25, -0.2) is 0 Å². The van der Waals surface area contributed by atoms with Crippen molar-refractivity contribution in [3.63, 3.8) is 0 Å². The zero-order valence-electron chi connectivity index (χ0n) is 17.9. The molecule has 5 aliphatic carbocycles. The first kappa shape index (κ1) is 17.8. The maximum atomic E-state index is 2.68. The Morgan fingerprint density at radius 3 is 2.54 bits per heavy atom. The molecule has 7 unspecified atom stereocenters. The lowest BCUT2D eigenvalue weighted by atomic mass is 9.46. The highest BCUT2D eigenvalue weighted by Gasteiger charge is 2.64. The molecule has 26 heavy (non-hydrogen) atoms. The Kier molecular flexibility index (Phi) is 4.19. The van der Waals surface area contributed by atoms with Gasteiger partial charge in [0.2, 0.25) is 0 Å². The summed E-state index contributed by atoms with van der Waals surface area (Å²) in [6.45, 7) is 10.3. The fourth-order valence-electron chi connectivity index (χ4n) is 9.77. The highest BCUT2D eigenvalue weighted by molar-refractivity contribution is 5.24. The second kappa shape index (κ2) is 6.12. The van der Waals surface area contributed by atoms with E-state index < -0.39 is 0 Å². The molecule has 0 heteroatoms. The van der Waals surface area contributed by atoms with Gasteiger partial charge in [0, 0.05) is 0 Å². The van der Waals surface area contributed by atoms with Crippen LogP contribution in [0.4, 0.5) is 0 Å². The molecular weight excluding hydrogens is 312 g/mol. The summed E-state index contributed by atoms with van der Waals surface area (Å²) in [6, 6.07) is 0. The van der Waals surface area contributed by atoms with Gasteiger partial charge in [0.25, 0.3) is 0 Å². The zero-order chi connectivity index (χ0) is 18.1. The van der Waals surface area contributed by atoms with Crippen LogP contribution in [-0.4, -0.2) is 0 Å². The Hall–Kier alpha value is -0.260. The van der Waals surface area contributed by atoms with E-state index >= 15 is 0 Å². The van der Waals surface area contributed by atoms with Crippen LogP contribution >= 0.6 is 0 Å². The molecule has 0 aliphatic heterocycles. The molecule has 146 valence electrons. The highest BCUT2D eigenvalue weighted by Crippen LogP contribution is 2.72. The average molecular weight is 355 g/mol. The van der Waals surface area contributed by atoms with E-state index in [1.54, 1.807) is 25.7 Å². The van der Waals surface area contributed by atoms with Crippen molar-refractivity contribution >= 4 is 0 Å². The summed E-state index contributed by atoms with van der Waals surface area (Å²) in [7, 11) is 0. The molecule has 0 amide bonds. The molecule has 0 aromatic heterocycles. The van der Waals surface area contributed by atoms with E-state index in [0.717, 1.165) is 46.8 Å². The molecule has 0 heterocycles. The Morgan fingerprint density at radius 2 is 1.81 bits per heavy atom. The lowest BCUT2D eigenvalue weighted by Gasteiger charge is -2.59. The third-order valence-electron chi connectivity index (χ3n) is 11.0. The topological polar surface area (TPSA) is 0 Å². The van der Waals surface area contributed by atoms with E-state index in [1.807, 2.05) is 5.57 Å². The summed E-state index contributed by atoms with van der Waals surface area (Å²) in [5.41, 5.74) is 3.19. The molecule has 4 fully saturated rings. The van der Waals surface area contributed by atoms with Crippen LogP contribution in [-0.2, 0) is 0 Å². The van der Waals surface area contributed by atoms with Crippen LogP contribution in [0.5, 0.6) is 0 Å². The summed E-state index contributed by atoms with van der Waals surface area (Å²) >= 11 is 0. The SMILES string of the molecule is CCC1C(C)C1C1CCC2C3CCC4=CCCC[C@]4(C)C3CC[C@@]21CC. The minimum Gasteiger partial charge on any atom is -0.0848 e. The van der Waals surface area contributed by atoms with Gasteiger partial charge >= 0.3 is 0 Å². The first-order valence-corrected chi connectivity index (χ1v) is 12.3. The van der Waals surface area contributed by atoms with Gasteiger partial charge in [0.15, 0.2) is 0 Å². The van der Waals surface area contributed by atoms with Gasteiger partial charge in [0.1, 0.15) is 0 Å². The number of rotatable bonds is 3. The van der Waals surface area contributed by atoms with E-state index in [1.165, 1.54) is 44.9 Å². The predicted molar refractivity (Wildman–Crippen MR) is 111 cm³/mol. The second-order valence-electron chi connectivity index (χ2n) is 11.3. The van der Waals surface area contributed by atoms with Crippen molar-refractivity contribution in [2.24, 2.45) is 52.3 Å². The van der Waals surface area contributed by atoms with Crippen LogP contribution in [0.3, 0.4) is 0 Å². The Morgan fingerprint density at radius 1 is 1.00 bits per heavy atom. The van der Waals surface area contributed by atoms with Gasteiger partial charge in [-0.2, -0.15) is 0 Å². The molecule has 5 aliphatic rings. The molecule has 5 rings (SSSR count). The summed E-state index contributed by atoms with van der Waals surface area (Å²) in [5.74, 6) is 7.41. The third-order valence-corrected chi connectivity index (χ3v) is 11.0. The smallest absolute Gasteiger partial charge is 0.00853 e. The van der Waals surface area contributed by atoms with Crippen LogP contribution in [0, 0.1) is 52.3 Å². The van der Waals surface area contributed by atoms with Crippen LogP contribution < -0.4 is 0 Å². The summed E-state index contributed by atoms with van der Waals surface area (Å²) in [4.78, 5) is 0. The van der Waals surface area contributed by atoms with Gasteiger partial charge in [-0.1, -0.05) is 45.8 Å². The average Bonchev–Trinajstić information content (AvgIpc) is 3.14. The number of allylic oxidation sites excluding steroid dienone is 2. The molecule has 0 bridgehead atoms. The Labute approximate surface area is 162 Å². The first-order valence-electron chi connectivity index (χ1n) is 12.3. The standard InChI is InChI=1S/C26H42/c1-5-19-17(3)24(19)23-13-12-22-20-11-10-18-9-7-8-15-25(18,4)21(20)14-16-26(22,23)6-2/h9,17,19-24H,5-8,10-16H2,1-4H3/t17?,19?,20?,21?,22?,23?,24?,25-,26-/m0/s1. The number of fused-ring (bicyclic) bond motifs is 5. The zero-order valence-corrected chi connectivity index (χ0v) is 17.9. The van der Waals surface area contributed by atoms with Crippen molar-refractivity contribution in [3.05, 3.63) is 11.6 Å². The van der Waals surface area contributed by atoms with Crippen LogP contribution in [0.25, 0.3) is 0 Å². The fraction of sp³-hybridized carbons (Fsp3) is 0.923. The van der Waals surface area contributed by atoms with Gasteiger partial charge in [-0.15, -0.1) is 0 Å². The van der Waals surface area contributed by atoms with Crippen LogP contribution in [0.15, 0.2) is 11.6 Å². The lowest BCUT2D eigenvalue weighted by molar-refractivity contribution is -0.0667. The van der Waals surface area contributed by atoms with Gasteiger partial charge in [-0.3, -0.25) is 0 Å². The van der Waals surface area contributed by atoms with E-state index in [9.17, 15) is 0 Å². The Balaban J connectivity index is 1.45. The van der Waals surface area contributed by atoms with Crippen LogP contribution in [0.2, 0.25) is 0 Å². The van der Waals surface area contributed by atoms with E-state index in [4.69, 9.17) is 0 Å². The van der Waals surface area contributed by atoms with Crippen molar-refractivity contribution < 1.29 is 0 Å². The molecule has 0 N–H and O–H groups in total. The Bertz CT molecular complexity index is 587. The van der Waals surface area contributed by atoms with Gasteiger partial charge in [0.05, 0.1) is 0 Å². The van der Waals surface area contributed by atoms with Crippen molar-refractivity contribution in [1.29, 1.82) is 0 Å². The maximum absolute atomic E-state index is 2.68. The predicted octanol–water partition coefficient (Wildman–Crippen LogP) is 7.64. The van der Waals surface area contributed by atoms with Crippen molar-refractivity contribution in [1.82, 2.24) is 0 Å². The van der Waals surface area contributed by atoms with Crippen molar-refractivity contribution in [3.8, 4) is 0 Å². The molecule has 0 aromatic carbocycles. The highest BCUT2D eigenvalue weighted by atomic mass is 14.7. The fourth-order valence-corrected chi connectivity index (χ4v) is 9.77. The minimum atomic E-state index is 0.581. The summed E-state index contributed by atoms with van der Waals surface area (Å²) in [6.07, 6.45) is 19.1.